The van der Waals surface area contributed by atoms with E-state index in [1.54, 1.807) is 0 Å². The largest absolute Gasteiger partial charge is 0.452 e. The number of fused-ring (bicyclic) bond motifs is 2. The van der Waals surface area contributed by atoms with Gasteiger partial charge in [-0.1, -0.05) is 31.0 Å². The fraction of sp³-hybridized carbons (Fsp3) is 0.429. The van der Waals surface area contributed by atoms with E-state index < -0.39 is 24.5 Å². The van der Waals surface area contributed by atoms with Crippen LogP contribution in [0.2, 0.25) is 0 Å². The van der Waals surface area contributed by atoms with Crippen molar-refractivity contribution in [2.75, 3.05) is 6.61 Å². The minimum absolute atomic E-state index is 0.112. The van der Waals surface area contributed by atoms with Crippen LogP contribution in [0.25, 0.3) is 10.9 Å². The van der Waals surface area contributed by atoms with Crippen LogP contribution in [0.15, 0.2) is 24.3 Å². The van der Waals surface area contributed by atoms with Crippen molar-refractivity contribution in [2.45, 2.75) is 51.0 Å². The number of imide groups is 1. The van der Waals surface area contributed by atoms with Gasteiger partial charge in [0.2, 0.25) is 0 Å². The Kier molecular flexibility index (Phi) is 5.23. The molecule has 0 radical (unpaired) electrons. The zero-order chi connectivity index (χ0) is 19.5. The molecule has 0 bridgehead atoms. The summed E-state index contributed by atoms with van der Waals surface area (Å²) < 4.78 is 5.24. The Bertz CT molecular complexity index is 935. The number of aromatic nitrogens is 1. The SMILES string of the molecule is O=C(COC(=O)c1c2c(nc3ccccc13)CCC2)NC(=O)NC1CCCC1. The Hall–Kier alpha value is -2.96. The van der Waals surface area contributed by atoms with Crippen LogP contribution in [-0.2, 0) is 22.4 Å². The molecule has 0 atom stereocenters. The maximum atomic E-state index is 12.8. The first-order valence-corrected chi connectivity index (χ1v) is 9.80. The molecule has 3 amide bonds. The average Bonchev–Trinajstić information content (AvgIpc) is 3.35. The number of para-hydroxylation sites is 1. The van der Waals surface area contributed by atoms with E-state index in [2.05, 4.69) is 15.6 Å². The van der Waals surface area contributed by atoms with Gasteiger partial charge in [-0.25, -0.2) is 9.59 Å². The Morgan fingerprint density at radius 2 is 1.86 bits per heavy atom. The molecule has 0 aliphatic heterocycles. The monoisotopic (exact) mass is 381 g/mol. The maximum Gasteiger partial charge on any atom is 0.339 e. The molecule has 1 aromatic heterocycles. The smallest absolute Gasteiger partial charge is 0.339 e. The summed E-state index contributed by atoms with van der Waals surface area (Å²) in [5.41, 5.74) is 3.06. The number of nitrogens with zero attached hydrogens (tertiary/aromatic N) is 1. The fourth-order valence-corrected chi connectivity index (χ4v) is 4.10. The van der Waals surface area contributed by atoms with Gasteiger partial charge in [-0.15, -0.1) is 0 Å². The van der Waals surface area contributed by atoms with Gasteiger partial charge in [0, 0.05) is 17.1 Å². The van der Waals surface area contributed by atoms with E-state index in [-0.39, 0.29) is 6.04 Å². The number of nitrogens with one attached hydrogen (secondary N) is 2. The molecular formula is C21H23N3O4. The van der Waals surface area contributed by atoms with Crippen molar-refractivity contribution in [3.05, 3.63) is 41.1 Å². The second-order valence-electron chi connectivity index (χ2n) is 7.36. The summed E-state index contributed by atoms with van der Waals surface area (Å²) >= 11 is 0. The fourth-order valence-electron chi connectivity index (χ4n) is 4.10. The van der Waals surface area contributed by atoms with Crippen molar-refractivity contribution in [1.29, 1.82) is 0 Å². The number of amides is 3. The summed E-state index contributed by atoms with van der Waals surface area (Å²) in [5.74, 6) is -1.19. The van der Waals surface area contributed by atoms with E-state index in [0.29, 0.717) is 5.56 Å². The Labute approximate surface area is 162 Å². The number of urea groups is 1. The molecule has 1 fully saturated rings. The summed E-state index contributed by atoms with van der Waals surface area (Å²) in [6.45, 7) is -0.498. The predicted molar refractivity (Wildman–Crippen MR) is 103 cm³/mol. The minimum atomic E-state index is -0.640. The summed E-state index contributed by atoms with van der Waals surface area (Å²) in [7, 11) is 0. The molecule has 2 aliphatic rings. The highest BCUT2D eigenvalue weighted by Gasteiger charge is 2.25. The van der Waals surface area contributed by atoms with E-state index in [0.717, 1.165) is 67.1 Å². The number of esters is 1. The molecule has 4 rings (SSSR count). The molecule has 7 nitrogen and oxygen atoms in total. The first-order chi connectivity index (χ1) is 13.6. The average molecular weight is 381 g/mol. The molecule has 2 aromatic rings. The molecule has 0 unspecified atom stereocenters. The summed E-state index contributed by atoms with van der Waals surface area (Å²) in [5, 5.41) is 5.72. The lowest BCUT2D eigenvalue weighted by Gasteiger charge is -2.13. The van der Waals surface area contributed by atoms with Gasteiger partial charge in [0.05, 0.1) is 11.1 Å². The Morgan fingerprint density at radius 3 is 2.68 bits per heavy atom. The molecule has 0 saturated heterocycles. The molecular weight excluding hydrogens is 358 g/mol. The van der Waals surface area contributed by atoms with Gasteiger partial charge in [-0.05, 0) is 43.7 Å². The van der Waals surface area contributed by atoms with E-state index in [1.165, 1.54) is 0 Å². The van der Waals surface area contributed by atoms with Gasteiger partial charge in [0.1, 0.15) is 0 Å². The number of hydrogen-bond donors (Lipinski definition) is 2. The number of carbonyl (C=O) groups is 3. The van der Waals surface area contributed by atoms with Crippen molar-refractivity contribution in [1.82, 2.24) is 15.6 Å². The van der Waals surface area contributed by atoms with Crippen molar-refractivity contribution in [2.24, 2.45) is 0 Å². The first-order valence-electron chi connectivity index (χ1n) is 9.80. The van der Waals surface area contributed by atoms with Crippen LogP contribution in [0, 0.1) is 0 Å². The quantitative estimate of drug-likeness (QED) is 0.794. The third kappa shape index (κ3) is 3.83. The van der Waals surface area contributed by atoms with Gasteiger partial charge in [0.15, 0.2) is 6.61 Å². The zero-order valence-electron chi connectivity index (χ0n) is 15.6. The highest BCUT2D eigenvalue weighted by atomic mass is 16.5. The summed E-state index contributed by atoms with van der Waals surface area (Å²) in [6.07, 6.45) is 6.58. The molecule has 2 aliphatic carbocycles. The van der Waals surface area contributed by atoms with Crippen LogP contribution in [0.4, 0.5) is 4.79 Å². The van der Waals surface area contributed by atoms with Crippen LogP contribution in [-0.4, -0.2) is 35.5 Å². The highest BCUT2D eigenvalue weighted by Crippen LogP contribution is 2.30. The van der Waals surface area contributed by atoms with Crippen molar-refractivity contribution >= 4 is 28.8 Å². The van der Waals surface area contributed by atoms with Crippen molar-refractivity contribution in [3.63, 3.8) is 0 Å². The van der Waals surface area contributed by atoms with E-state index >= 15 is 0 Å². The van der Waals surface area contributed by atoms with Gasteiger partial charge in [-0.2, -0.15) is 0 Å². The normalized spacial score (nSPS) is 16.0. The van der Waals surface area contributed by atoms with E-state index in [1.807, 2.05) is 24.3 Å². The van der Waals surface area contributed by atoms with Gasteiger partial charge in [0.25, 0.3) is 5.91 Å². The standard InChI is InChI=1S/C21H23N3O4/c25-18(24-21(27)22-13-6-1-2-7-13)12-28-20(26)19-14-8-3-4-10-16(14)23-17-11-5-9-15(17)19/h3-4,8,10,13H,1-2,5-7,9,11-12H2,(H2,22,24,25,27). The lowest BCUT2D eigenvalue weighted by atomic mass is 10.0. The van der Waals surface area contributed by atoms with Crippen LogP contribution in [0.5, 0.6) is 0 Å². The number of aryl methyl sites for hydroxylation is 1. The topological polar surface area (TPSA) is 97.4 Å². The summed E-state index contributed by atoms with van der Waals surface area (Å²) in [4.78, 5) is 41.3. The number of ether oxygens (including phenoxy) is 1. The molecule has 28 heavy (non-hydrogen) atoms. The minimum Gasteiger partial charge on any atom is -0.452 e. The maximum absolute atomic E-state index is 12.8. The van der Waals surface area contributed by atoms with Gasteiger partial charge >= 0.3 is 12.0 Å². The van der Waals surface area contributed by atoms with Gasteiger partial charge in [-0.3, -0.25) is 15.1 Å². The Morgan fingerprint density at radius 1 is 1.07 bits per heavy atom. The number of rotatable bonds is 4. The van der Waals surface area contributed by atoms with Crippen LogP contribution in [0.1, 0.15) is 53.7 Å². The molecule has 2 N–H and O–H groups in total. The number of pyridine rings is 1. The second kappa shape index (κ2) is 7.96. The molecule has 1 saturated carbocycles. The summed E-state index contributed by atoms with van der Waals surface area (Å²) in [6, 6.07) is 7.01. The van der Waals surface area contributed by atoms with E-state index in [9.17, 15) is 14.4 Å². The van der Waals surface area contributed by atoms with Gasteiger partial charge < -0.3 is 10.1 Å². The molecule has 1 heterocycles. The van der Waals surface area contributed by atoms with Crippen LogP contribution < -0.4 is 10.6 Å². The Balaban J connectivity index is 1.41. The third-order valence-corrected chi connectivity index (χ3v) is 5.40. The second-order valence-corrected chi connectivity index (χ2v) is 7.36. The van der Waals surface area contributed by atoms with Crippen LogP contribution in [0.3, 0.4) is 0 Å². The van der Waals surface area contributed by atoms with E-state index in [4.69, 9.17) is 4.74 Å². The number of benzene rings is 1. The molecule has 0 spiro atoms. The van der Waals surface area contributed by atoms with Crippen molar-refractivity contribution < 1.29 is 19.1 Å². The highest BCUT2D eigenvalue weighted by molar-refractivity contribution is 6.06. The van der Waals surface area contributed by atoms with Crippen molar-refractivity contribution in [3.8, 4) is 0 Å². The lowest BCUT2D eigenvalue weighted by Crippen LogP contribution is -2.45. The van der Waals surface area contributed by atoms with Crippen LogP contribution >= 0.6 is 0 Å². The zero-order valence-corrected chi connectivity index (χ0v) is 15.6. The molecule has 1 aromatic carbocycles. The molecule has 146 valence electrons. The number of carbonyl (C=O) groups excluding carboxylic acids is 3. The lowest BCUT2D eigenvalue weighted by molar-refractivity contribution is -0.123. The third-order valence-electron chi connectivity index (χ3n) is 5.40. The first kappa shape index (κ1) is 18.4. The number of hydrogen-bond acceptors (Lipinski definition) is 5. The predicted octanol–water partition coefficient (Wildman–Crippen LogP) is 2.65. The molecule has 7 heteroatoms.